The lowest BCUT2D eigenvalue weighted by Gasteiger charge is -2.08. The molecular formula is C9H7Cl2N3O3S2. The van der Waals surface area contributed by atoms with Gasteiger partial charge in [0.1, 0.15) is 9.36 Å². The fourth-order valence-corrected chi connectivity index (χ4v) is 3.81. The van der Waals surface area contributed by atoms with Crippen LogP contribution in [0.4, 0.5) is 5.82 Å². The van der Waals surface area contributed by atoms with E-state index >= 15 is 0 Å². The van der Waals surface area contributed by atoms with E-state index in [1.807, 2.05) is 0 Å². The number of nitrogens with zero attached hydrogens (tertiary/aromatic N) is 2. The van der Waals surface area contributed by atoms with Gasteiger partial charge in [-0.3, -0.25) is 4.72 Å². The topological polar surface area (TPSA) is 81.2 Å². The Balaban J connectivity index is 2.38. The highest BCUT2D eigenvalue weighted by Crippen LogP contribution is 2.29. The van der Waals surface area contributed by atoms with Crippen LogP contribution in [0.3, 0.4) is 0 Å². The molecule has 0 spiro atoms. The summed E-state index contributed by atoms with van der Waals surface area (Å²) in [6.45, 7) is 0. The van der Waals surface area contributed by atoms with Gasteiger partial charge in [-0.15, -0.1) is 11.3 Å². The quantitative estimate of drug-likeness (QED) is 0.925. The largest absolute Gasteiger partial charge is 0.478 e. The summed E-state index contributed by atoms with van der Waals surface area (Å²) in [5.74, 6) is -0.0600. The molecule has 19 heavy (non-hydrogen) atoms. The third-order valence-electron chi connectivity index (χ3n) is 1.95. The van der Waals surface area contributed by atoms with Crippen LogP contribution in [0.1, 0.15) is 0 Å². The van der Waals surface area contributed by atoms with Crippen LogP contribution in [0.15, 0.2) is 22.5 Å². The second-order valence-electron chi connectivity index (χ2n) is 3.21. The average Bonchev–Trinajstić information content (AvgIpc) is 2.76. The molecule has 0 aliphatic heterocycles. The molecule has 0 aromatic carbocycles. The van der Waals surface area contributed by atoms with E-state index < -0.39 is 10.0 Å². The van der Waals surface area contributed by atoms with Crippen molar-refractivity contribution < 1.29 is 13.2 Å². The van der Waals surface area contributed by atoms with E-state index in [0.717, 1.165) is 11.3 Å². The molecular weight excluding hydrogens is 333 g/mol. The summed E-state index contributed by atoms with van der Waals surface area (Å²) in [6, 6.07) is 2.88. The van der Waals surface area contributed by atoms with Gasteiger partial charge >= 0.3 is 0 Å². The van der Waals surface area contributed by atoms with Gasteiger partial charge in [-0.25, -0.2) is 18.4 Å². The van der Waals surface area contributed by atoms with Crippen molar-refractivity contribution in [2.45, 2.75) is 4.21 Å². The first kappa shape index (κ1) is 14.3. The molecule has 0 amide bonds. The normalized spacial score (nSPS) is 11.3. The van der Waals surface area contributed by atoms with Crippen molar-refractivity contribution in [1.29, 1.82) is 0 Å². The first-order valence-electron chi connectivity index (χ1n) is 4.77. The maximum atomic E-state index is 12.1. The predicted molar refractivity (Wildman–Crippen MR) is 73.7 cm³/mol. The number of aromatic nitrogens is 2. The van der Waals surface area contributed by atoms with Crippen LogP contribution in [-0.2, 0) is 10.0 Å². The Kier molecular flexibility index (Phi) is 4.14. The van der Waals surface area contributed by atoms with Crippen LogP contribution >= 0.6 is 34.5 Å². The van der Waals surface area contributed by atoms with Gasteiger partial charge in [0.25, 0.3) is 15.9 Å². The van der Waals surface area contributed by atoms with Crippen LogP contribution in [-0.4, -0.2) is 25.5 Å². The molecule has 2 heterocycles. The molecule has 0 atom stereocenters. The molecule has 0 saturated carbocycles. The Morgan fingerprint density at radius 3 is 2.68 bits per heavy atom. The summed E-state index contributed by atoms with van der Waals surface area (Å²) >= 11 is 12.3. The predicted octanol–water partition coefficient (Wildman–Crippen LogP) is 2.65. The Hall–Kier alpha value is -1.09. The van der Waals surface area contributed by atoms with Crippen molar-refractivity contribution in [2.75, 3.05) is 11.8 Å². The van der Waals surface area contributed by atoms with Crippen LogP contribution in [0.25, 0.3) is 0 Å². The Morgan fingerprint density at radius 1 is 1.37 bits per heavy atom. The standard InChI is InChI=1S/C9H7Cl2N3O3S2/c1-17-9-8(13-5(10)4-12-9)14-19(15,16)7-3-2-6(11)18-7/h2-4H,1H3,(H,13,14). The first-order valence-corrected chi connectivity index (χ1v) is 7.82. The fraction of sp³-hybridized carbons (Fsp3) is 0.111. The lowest BCUT2D eigenvalue weighted by atomic mass is 10.6. The number of nitrogens with one attached hydrogen (secondary N) is 1. The minimum Gasteiger partial charge on any atom is -0.478 e. The van der Waals surface area contributed by atoms with Crippen molar-refractivity contribution in [1.82, 2.24) is 9.97 Å². The Labute approximate surface area is 123 Å². The summed E-state index contributed by atoms with van der Waals surface area (Å²) in [6.07, 6.45) is 1.25. The minimum absolute atomic E-state index is 0.0237. The Morgan fingerprint density at radius 2 is 2.11 bits per heavy atom. The van der Waals surface area contributed by atoms with E-state index in [1.165, 1.54) is 25.4 Å². The molecule has 0 saturated heterocycles. The van der Waals surface area contributed by atoms with E-state index in [0.29, 0.717) is 4.34 Å². The molecule has 0 aliphatic rings. The van der Waals surface area contributed by atoms with E-state index in [1.54, 1.807) is 0 Å². The SMILES string of the molecule is COc1ncc(Cl)nc1NS(=O)(=O)c1ccc(Cl)s1. The number of hydrogen-bond acceptors (Lipinski definition) is 6. The Bertz CT molecular complexity index is 702. The number of sulfonamides is 1. The van der Waals surface area contributed by atoms with E-state index in [9.17, 15) is 8.42 Å². The van der Waals surface area contributed by atoms with Crippen LogP contribution in [0.2, 0.25) is 9.49 Å². The smallest absolute Gasteiger partial charge is 0.272 e. The third-order valence-corrected chi connectivity index (χ3v) is 5.19. The van der Waals surface area contributed by atoms with Crippen molar-refractivity contribution in [3.8, 4) is 5.88 Å². The highest BCUT2D eigenvalue weighted by molar-refractivity contribution is 7.94. The molecule has 0 fully saturated rings. The van der Waals surface area contributed by atoms with Gasteiger partial charge in [0.2, 0.25) is 5.82 Å². The fourth-order valence-electron chi connectivity index (χ4n) is 1.19. The molecule has 2 aromatic heterocycles. The lowest BCUT2D eigenvalue weighted by Crippen LogP contribution is -2.14. The van der Waals surface area contributed by atoms with Gasteiger partial charge in [-0.05, 0) is 12.1 Å². The number of anilines is 1. The highest BCUT2D eigenvalue weighted by atomic mass is 35.5. The summed E-state index contributed by atoms with van der Waals surface area (Å²) in [7, 11) is -2.45. The minimum atomic E-state index is -3.80. The van der Waals surface area contributed by atoms with Crippen LogP contribution in [0.5, 0.6) is 5.88 Å². The first-order chi connectivity index (χ1) is 8.92. The zero-order valence-corrected chi connectivity index (χ0v) is 12.6. The third kappa shape index (κ3) is 3.27. The summed E-state index contributed by atoms with van der Waals surface area (Å²) in [5, 5.41) is 0.0442. The number of rotatable bonds is 4. The maximum absolute atomic E-state index is 12.1. The molecule has 102 valence electrons. The van der Waals surface area contributed by atoms with Crippen molar-refractivity contribution in [2.24, 2.45) is 0 Å². The van der Waals surface area contributed by atoms with Crippen LogP contribution < -0.4 is 9.46 Å². The second kappa shape index (κ2) is 5.49. The van der Waals surface area contributed by atoms with E-state index in [-0.39, 0.29) is 21.1 Å². The van der Waals surface area contributed by atoms with E-state index in [2.05, 4.69) is 14.7 Å². The molecule has 2 aromatic rings. The second-order valence-corrected chi connectivity index (χ2v) is 7.23. The van der Waals surface area contributed by atoms with Crippen molar-refractivity contribution in [3.63, 3.8) is 0 Å². The van der Waals surface area contributed by atoms with Gasteiger partial charge in [0.15, 0.2) is 0 Å². The number of halogens is 2. The molecule has 0 radical (unpaired) electrons. The summed E-state index contributed by atoms with van der Waals surface area (Å²) in [5.41, 5.74) is 0. The molecule has 6 nitrogen and oxygen atoms in total. The molecule has 2 rings (SSSR count). The van der Waals surface area contributed by atoms with Crippen molar-refractivity contribution >= 4 is 50.4 Å². The monoisotopic (exact) mass is 339 g/mol. The molecule has 0 unspecified atom stereocenters. The van der Waals surface area contributed by atoms with Gasteiger partial charge < -0.3 is 4.74 Å². The molecule has 10 heteroatoms. The number of thiophene rings is 1. The van der Waals surface area contributed by atoms with Gasteiger partial charge in [-0.2, -0.15) is 0 Å². The zero-order valence-electron chi connectivity index (χ0n) is 9.42. The van der Waals surface area contributed by atoms with Crippen molar-refractivity contribution in [3.05, 3.63) is 27.8 Å². The molecule has 0 aliphatic carbocycles. The van der Waals surface area contributed by atoms with Gasteiger partial charge in [0.05, 0.1) is 17.6 Å². The van der Waals surface area contributed by atoms with Crippen LogP contribution in [0, 0.1) is 0 Å². The zero-order chi connectivity index (χ0) is 14.0. The number of hydrogen-bond donors (Lipinski definition) is 1. The summed E-state index contributed by atoms with van der Waals surface area (Å²) < 4.78 is 31.7. The number of methoxy groups -OCH3 is 1. The average molecular weight is 340 g/mol. The molecule has 0 bridgehead atoms. The van der Waals surface area contributed by atoms with Gasteiger partial charge in [-0.1, -0.05) is 23.2 Å². The summed E-state index contributed by atoms with van der Waals surface area (Å²) in [4.78, 5) is 7.63. The van der Waals surface area contributed by atoms with Gasteiger partial charge in [0, 0.05) is 0 Å². The van der Waals surface area contributed by atoms with E-state index in [4.69, 9.17) is 27.9 Å². The highest BCUT2D eigenvalue weighted by Gasteiger charge is 2.20. The molecule has 1 N–H and O–H groups in total. The maximum Gasteiger partial charge on any atom is 0.272 e. The lowest BCUT2D eigenvalue weighted by molar-refractivity contribution is 0.398. The number of ether oxygens (including phenoxy) is 1.